The minimum atomic E-state index is -4.67. The van der Waals surface area contributed by atoms with Gasteiger partial charge in [0.05, 0.1) is 0 Å². The second kappa shape index (κ2) is 3.56. The zero-order chi connectivity index (χ0) is 7.33. The van der Waals surface area contributed by atoms with Crippen LogP contribution in [0.25, 0.3) is 0 Å². The Kier molecular flexibility index (Phi) is 3.38. The van der Waals surface area contributed by atoms with Gasteiger partial charge in [-0.1, -0.05) is 6.08 Å². The van der Waals surface area contributed by atoms with E-state index in [2.05, 4.69) is 11.9 Å². The predicted molar refractivity (Wildman–Crippen MR) is 32.1 cm³/mol. The number of halogens is 3. The summed E-state index contributed by atoms with van der Waals surface area (Å²) >= 11 is 0. The maximum absolute atomic E-state index is 11.3. The van der Waals surface area contributed by atoms with Crippen molar-refractivity contribution in [2.24, 2.45) is 0 Å². The summed E-state index contributed by atoms with van der Waals surface area (Å²) in [5, 5.41) is 2.16. The summed E-state index contributed by atoms with van der Waals surface area (Å²) in [6.07, 6.45) is 0.508. The Hall–Kier alpha value is -0.445. The second-order valence-electron chi connectivity index (χ2n) is 1.66. The van der Waals surface area contributed by atoms with Crippen molar-refractivity contribution < 1.29 is 12.9 Å². The van der Waals surface area contributed by atoms with Crippen molar-refractivity contribution in [3.63, 3.8) is 0 Å². The van der Waals surface area contributed by atoms with Crippen LogP contribution in [-0.2, 0) is 0 Å². The van der Waals surface area contributed by atoms with Crippen molar-refractivity contribution >= 4 is 6.98 Å². The third-order valence-electron chi connectivity index (χ3n) is 0.664. The number of nitrogens with one attached hydrogen (secondary N) is 1. The van der Waals surface area contributed by atoms with E-state index in [1.807, 2.05) is 0 Å². The molecule has 0 saturated heterocycles. The van der Waals surface area contributed by atoms with Crippen LogP contribution < -0.4 is 5.32 Å². The first-order chi connectivity index (χ1) is 4.06. The summed E-state index contributed by atoms with van der Waals surface area (Å²) in [4.78, 5) is 0. The molecule has 0 heterocycles. The van der Waals surface area contributed by atoms with Gasteiger partial charge in [0.2, 0.25) is 0 Å². The fourth-order valence-corrected chi connectivity index (χ4v) is 0.349. The van der Waals surface area contributed by atoms with Gasteiger partial charge in [0.15, 0.2) is 0 Å². The molecule has 0 atom stereocenters. The summed E-state index contributed by atoms with van der Waals surface area (Å²) < 4.78 is 34.0. The highest BCUT2D eigenvalue weighted by Crippen LogP contribution is 2.04. The maximum Gasteiger partial charge on any atom is 0.491 e. The lowest BCUT2D eigenvalue weighted by atomic mass is 9.92. The molecule has 0 aromatic rings. The normalized spacial score (nSPS) is 11.4. The molecule has 5 heteroatoms. The van der Waals surface area contributed by atoms with Gasteiger partial charge in [-0.25, -0.2) is 0 Å². The van der Waals surface area contributed by atoms with Gasteiger partial charge in [-0.15, -0.1) is 6.58 Å². The second-order valence-corrected chi connectivity index (χ2v) is 1.66. The molecule has 0 spiro atoms. The summed E-state index contributed by atoms with van der Waals surface area (Å²) in [7, 11) is 0. The molecular weight excluding hydrogens is 130 g/mol. The van der Waals surface area contributed by atoms with E-state index in [0.717, 1.165) is 0 Å². The molecule has 0 aromatic heterocycles. The van der Waals surface area contributed by atoms with Gasteiger partial charge in [-0.3, -0.25) is 0 Å². The Labute approximate surface area is 52.0 Å². The first-order valence-electron chi connectivity index (χ1n) is 2.59. The molecule has 0 aromatic carbocycles. The Morgan fingerprint density at radius 1 is 1.44 bits per heavy atom. The molecule has 0 radical (unpaired) electrons. The van der Waals surface area contributed by atoms with E-state index in [0.29, 0.717) is 0 Å². The van der Waals surface area contributed by atoms with E-state index in [9.17, 15) is 12.9 Å². The Balaban J connectivity index is 3.17. The molecule has 0 aliphatic heterocycles. The molecular formula is C4H8BF3N-. The van der Waals surface area contributed by atoms with Crippen LogP contribution >= 0.6 is 0 Å². The van der Waals surface area contributed by atoms with Gasteiger partial charge >= 0.3 is 6.98 Å². The van der Waals surface area contributed by atoms with Gasteiger partial charge in [0.1, 0.15) is 0 Å². The van der Waals surface area contributed by atoms with E-state index in [1.54, 1.807) is 0 Å². The molecule has 0 aliphatic rings. The van der Waals surface area contributed by atoms with Crippen LogP contribution in [0.5, 0.6) is 0 Å². The highest BCUT2D eigenvalue weighted by molar-refractivity contribution is 6.58. The van der Waals surface area contributed by atoms with Crippen molar-refractivity contribution in [2.75, 3.05) is 13.0 Å². The van der Waals surface area contributed by atoms with E-state index in [4.69, 9.17) is 0 Å². The van der Waals surface area contributed by atoms with Crippen LogP contribution in [0.4, 0.5) is 12.9 Å². The SMILES string of the molecule is C=CCNC[B-](F)(F)F. The Morgan fingerprint density at radius 2 is 2.00 bits per heavy atom. The topological polar surface area (TPSA) is 12.0 Å². The van der Waals surface area contributed by atoms with Crippen molar-refractivity contribution in [1.82, 2.24) is 5.32 Å². The number of hydrogen-bond acceptors (Lipinski definition) is 1. The fraction of sp³-hybridized carbons (Fsp3) is 0.500. The van der Waals surface area contributed by atoms with Crippen LogP contribution in [0.1, 0.15) is 0 Å². The minimum absolute atomic E-state index is 0.210. The summed E-state index contributed by atoms with van der Waals surface area (Å²) in [5.74, 6) is 0. The van der Waals surface area contributed by atoms with Gasteiger partial charge in [0, 0.05) is 6.54 Å². The monoisotopic (exact) mass is 138 g/mol. The highest BCUT2D eigenvalue weighted by Gasteiger charge is 2.21. The lowest BCUT2D eigenvalue weighted by Gasteiger charge is -2.12. The molecule has 0 fully saturated rings. The van der Waals surface area contributed by atoms with Gasteiger partial charge in [0.25, 0.3) is 0 Å². The molecule has 0 aliphatic carbocycles. The summed E-state index contributed by atoms with van der Waals surface area (Å²) in [6.45, 7) is -1.20. The largest absolute Gasteiger partial charge is 0.491 e. The van der Waals surface area contributed by atoms with Crippen LogP contribution in [0.3, 0.4) is 0 Å². The first-order valence-corrected chi connectivity index (χ1v) is 2.59. The number of rotatable bonds is 4. The summed E-state index contributed by atoms with van der Waals surface area (Å²) in [5.41, 5.74) is 0. The van der Waals surface area contributed by atoms with Gasteiger partial charge in [-0.05, 0) is 6.44 Å². The van der Waals surface area contributed by atoms with Crippen molar-refractivity contribution in [2.45, 2.75) is 0 Å². The molecule has 0 bridgehead atoms. The first kappa shape index (κ1) is 8.55. The maximum atomic E-state index is 11.3. The van der Waals surface area contributed by atoms with Gasteiger partial charge < -0.3 is 18.3 Å². The molecule has 0 rings (SSSR count). The Bertz CT molecular complexity index is 90.3. The van der Waals surface area contributed by atoms with Crippen molar-refractivity contribution in [3.05, 3.63) is 12.7 Å². The van der Waals surface area contributed by atoms with E-state index < -0.39 is 13.4 Å². The quantitative estimate of drug-likeness (QED) is 0.349. The van der Waals surface area contributed by atoms with Crippen LogP contribution in [-0.4, -0.2) is 20.0 Å². The van der Waals surface area contributed by atoms with E-state index >= 15 is 0 Å². The lowest BCUT2D eigenvalue weighted by Crippen LogP contribution is -2.33. The van der Waals surface area contributed by atoms with Crippen molar-refractivity contribution in [1.29, 1.82) is 0 Å². The number of hydrogen-bond donors (Lipinski definition) is 1. The predicted octanol–water partition coefficient (Wildman–Crippen LogP) is 1.15. The van der Waals surface area contributed by atoms with E-state index in [-0.39, 0.29) is 6.54 Å². The Morgan fingerprint density at radius 3 is 2.33 bits per heavy atom. The molecule has 0 saturated carbocycles. The average molecular weight is 138 g/mol. The van der Waals surface area contributed by atoms with Crippen LogP contribution in [0, 0.1) is 0 Å². The summed E-state index contributed by atoms with van der Waals surface area (Å²) in [6, 6.07) is 0. The van der Waals surface area contributed by atoms with Gasteiger partial charge in [-0.2, -0.15) is 0 Å². The minimum Gasteiger partial charge on any atom is -0.448 e. The molecule has 0 amide bonds. The van der Waals surface area contributed by atoms with Crippen molar-refractivity contribution in [3.8, 4) is 0 Å². The average Bonchev–Trinajstić information content (AvgIpc) is 1.63. The third kappa shape index (κ3) is 7.55. The van der Waals surface area contributed by atoms with Crippen LogP contribution in [0.2, 0.25) is 0 Å². The molecule has 0 unspecified atom stereocenters. The molecule has 9 heavy (non-hydrogen) atoms. The fourth-order valence-electron chi connectivity index (χ4n) is 0.349. The third-order valence-corrected chi connectivity index (χ3v) is 0.664. The smallest absolute Gasteiger partial charge is 0.448 e. The lowest BCUT2D eigenvalue weighted by molar-refractivity contribution is 0.460. The standard InChI is InChI=1S/C4H8BF3N/c1-2-3-9-4-5(6,7)8/h2,9H,1,3-4H2/q-1. The zero-order valence-corrected chi connectivity index (χ0v) is 4.91. The van der Waals surface area contributed by atoms with E-state index in [1.165, 1.54) is 6.08 Å². The highest BCUT2D eigenvalue weighted by atomic mass is 19.4. The molecule has 54 valence electrons. The zero-order valence-electron chi connectivity index (χ0n) is 4.91. The molecule has 1 N–H and O–H groups in total. The molecule has 1 nitrogen and oxygen atoms in total. The van der Waals surface area contributed by atoms with Crippen LogP contribution in [0.15, 0.2) is 12.7 Å².